The highest BCUT2D eigenvalue weighted by Gasteiger charge is 2.27. The van der Waals surface area contributed by atoms with Crippen molar-refractivity contribution in [2.75, 3.05) is 13.1 Å². The zero-order chi connectivity index (χ0) is 14.8. The lowest BCUT2D eigenvalue weighted by molar-refractivity contribution is 0.0705. The Balaban J connectivity index is 1.78. The summed E-state index contributed by atoms with van der Waals surface area (Å²) in [7, 11) is 0. The SMILES string of the molecule is O=C(c1ccc(Br)cc1Br)N1CCCC(c2ccn[nH]2)C1. The summed E-state index contributed by atoms with van der Waals surface area (Å²) >= 11 is 6.89. The fourth-order valence-corrected chi connectivity index (χ4v) is 3.96. The van der Waals surface area contributed by atoms with Crippen molar-refractivity contribution in [1.29, 1.82) is 0 Å². The molecule has 1 aliphatic heterocycles. The van der Waals surface area contributed by atoms with Gasteiger partial charge >= 0.3 is 0 Å². The minimum absolute atomic E-state index is 0.0820. The predicted molar refractivity (Wildman–Crippen MR) is 88.3 cm³/mol. The van der Waals surface area contributed by atoms with E-state index in [-0.39, 0.29) is 5.91 Å². The van der Waals surface area contributed by atoms with Gasteiger partial charge in [0.2, 0.25) is 0 Å². The van der Waals surface area contributed by atoms with Crippen LogP contribution in [0.1, 0.15) is 34.8 Å². The van der Waals surface area contributed by atoms with Gasteiger partial charge in [0.05, 0.1) is 5.56 Å². The lowest BCUT2D eigenvalue weighted by Gasteiger charge is -2.32. The zero-order valence-corrected chi connectivity index (χ0v) is 14.5. The number of nitrogens with zero attached hydrogens (tertiary/aromatic N) is 2. The van der Waals surface area contributed by atoms with E-state index in [0.717, 1.165) is 40.6 Å². The molecule has 0 bridgehead atoms. The molecule has 2 heterocycles. The Morgan fingerprint density at radius 3 is 2.90 bits per heavy atom. The van der Waals surface area contributed by atoms with Crippen LogP contribution in [0, 0.1) is 0 Å². The van der Waals surface area contributed by atoms with Crippen molar-refractivity contribution in [3.63, 3.8) is 0 Å². The molecule has 6 heteroatoms. The number of nitrogens with one attached hydrogen (secondary N) is 1. The number of aromatic nitrogens is 2. The second-order valence-corrected chi connectivity index (χ2v) is 7.00. The van der Waals surface area contributed by atoms with Crippen molar-refractivity contribution in [2.45, 2.75) is 18.8 Å². The summed E-state index contributed by atoms with van der Waals surface area (Å²) in [6.07, 6.45) is 3.87. The number of aromatic amines is 1. The molecule has 1 unspecified atom stereocenters. The van der Waals surface area contributed by atoms with E-state index >= 15 is 0 Å². The average Bonchev–Trinajstić information content (AvgIpc) is 3.01. The number of H-pyrrole nitrogens is 1. The standard InChI is InChI=1S/C15H15Br2N3O/c16-11-3-4-12(13(17)8-11)15(21)20-7-1-2-10(9-20)14-5-6-18-19-14/h3-6,8,10H,1-2,7,9H2,(H,18,19). The monoisotopic (exact) mass is 411 g/mol. The number of halogens is 2. The van der Waals surface area contributed by atoms with Gasteiger partial charge in [-0.25, -0.2) is 0 Å². The predicted octanol–water partition coefficient (Wildman–Crippen LogP) is 3.95. The van der Waals surface area contributed by atoms with E-state index in [1.54, 1.807) is 6.20 Å². The molecule has 1 saturated heterocycles. The zero-order valence-electron chi connectivity index (χ0n) is 11.4. The van der Waals surface area contributed by atoms with E-state index in [2.05, 4.69) is 42.1 Å². The van der Waals surface area contributed by atoms with Crippen molar-refractivity contribution < 1.29 is 4.79 Å². The summed E-state index contributed by atoms with van der Waals surface area (Å²) in [4.78, 5) is 14.6. The van der Waals surface area contributed by atoms with Crippen molar-refractivity contribution in [1.82, 2.24) is 15.1 Å². The number of likely N-dealkylation sites (tertiary alicyclic amines) is 1. The normalized spacial score (nSPS) is 18.8. The molecule has 1 atom stereocenters. The Labute approximate surface area is 140 Å². The highest BCUT2D eigenvalue weighted by atomic mass is 79.9. The molecule has 1 aromatic heterocycles. The number of rotatable bonds is 2. The molecule has 0 saturated carbocycles. The Kier molecular flexibility index (Phi) is 4.45. The van der Waals surface area contributed by atoms with Crippen LogP contribution in [-0.4, -0.2) is 34.1 Å². The summed E-state index contributed by atoms with van der Waals surface area (Å²) in [5.74, 6) is 0.429. The van der Waals surface area contributed by atoms with Crippen LogP contribution in [0.4, 0.5) is 0 Å². The highest BCUT2D eigenvalue weighted by Crippen LogP contribution is 2.28. The van der Waals surface area contributed by atoms with E-state index in [4.69, 9.17) is 0 Å². The largest absolute Gasteiger partial charge is 0.338 e. The van der Waals surface area contributed by atoms with Crippen molar-refractivity contribution in [3.05, 3.63) is 50.7 Å². The molecule has 1 amide bonds. The minimum atomic E-state index is 0.0820. The summed E-state index contributed by atoms with van der Waals surface area (Å²) < 4.78 is 1.78. The third kappa shape index (κ3) is 3.21. The average molecular weight is 413 g/mol. The third-order valence-electron chi connectivity index (χ3n) is 3.83. The quantitative estimate of drug-likeness (QED) is 0.811. The minimum Gasteiger partial charge on any atom is -0.338 e. The van der Waals surface area contributed by atoms with Crippen LogP contribution in [-0.2, 0) is 0 Å². The molecule has 0 aliphatic carbocycles. The van der Waals surface area contributed by atoms with Gasteiger partial charge in [-0.1, -0.05) is 15.9 Å². The van der Waals surface area contributed by atoms with Gasteiger partial charge in [0, 0.05) is 39.8 Å². The van der Waals surface area contributed by atoms with Crippen LogP contribution in [0.2, 0.25) is 0 Å². The van der Waals surface area contributed by atoms with Gasteiger partial charge in [0.25, 0.3) is 5.91 Å². The van der Waals surface area contributed by atoms with Crippen molar-refractivity contribution >= 4 is 37.8 Å². The Morgan fingerprint density at radius 1 is 1.33 bits per heavy atom. The number of carbonyl (C=O) groups is 1. The van der Waals surface area contributed by atoms with Gasteiger partial charge in [-0.2, -0.15) is 5.10 Å². The van der Waals surface area contributed by atoms with Crippen molar-refractivity contribution in [3.8, 4) is 0 Å². The second-order valence-electron chi connectivity index (χ2n) is 5.23. The van der Waals surface area contributed by atoms with Crippen LogP contribution in [0.25, 0.3) is 0 Å². The summed E-state index contributed by atoms with van der Waals surface area (Å²) in [5, 5.41) is 7.03. The highest BCUT2D eigenvalue weighted by molar-refractivity contribution is 9.11. The summed E-state index contributed by atoms with van der Waals surface area (Å²) in [6.45, 7) is 1.55. The number of hydrogen-bond donors (Lipinski definition) is 1. The first-order valence-electron chi connectivity index (χ1n) is 6.89. The van der Waals surface area contributed by atoms with Gasteiger partial charge < -0.3 is 4.90 Å². The fourth-order valence-electron chi connectivity index (χ4n) is 2.74. The molecule has 1 aliphatic rings. The van der Waals surface area contributed by atoms with Crippen LogP contribution in [0.15, 0.2) is 39.4 Å². The fraction of sp³-hybridized carbons (Fsp3) is 0.333. The number of piperidine rings is 1. The lowest BCUT2D eigenvalue weighted by Crippen LogP contribution is -2.39. The van der Waals surface area contributed by atoms with Crippen molar-refractivity contribution in [2.24, 2.45) is 0 Å². The maximum absolute atomic E-state index is 12.7. The van der Waals surface area contributed by atoms with E-state index in [1.165, 1.54) is 0 Å². The van der Waals surface area contributed by atoms with Gasteiger partial charge in [-0.3, -0.25) is 9.89 Å². The number of hydrogen-bond acceptors (Lipinski definition) is 2. The topological polar surface area (TPSA) is 49.0 Å². The Morgan fingerprint density at radius 2 is 2.19 bits per heavy atom. The molecule has 4 nitrogen and oxygen atoms in total. The third-order valence-corrected chi connectivity index (χ3v) is 4.98. The molecule has 1 N–H and O–H groups in total. The van der Waals surface area contributed by atoms with Gasteiger partial charge in [-0.15, -0.1) is 0 Å². The van der Waals surface area contributed by atoms with E-state index in [0.29, 0.717) is 11.5 Å². The molecule has 110 valence electrons. The van der Waals surface area contributed by atoms with Gasteiger partial charge in [0.15, 0.2) is 0 Å². The maximum atomic E-state index is 12.7. The number of amides is 1. The van der Waals surface area contributed by atoms with Crippen LogP contribution in [0.5, 0.6) is 0 Å². The van der Waals surface area contributed by atoms with Crippen LogP contribution in [0.3, 0.4) is 0 Å². The van der Waals surface area contributed by atoms with E-state index in [1.807, 2.05) is 29.2 Å². The number of benzene rings is 1. The molecule has 1 aromatic carbocycles. The molecule has 3 rings (SSSR count). The van der Waals surface area contributed by atoms with Crippen LogP contribution >= 0.6 is 31.9 Å². The molecular formula is C15H15Br2N3O. The smallest absolute Gasteiger partial charge is 0.255 e. The molecule has 0 radical (unpaired) electrons. The van der Waals surface area contributed by atoms with E-state index in [9.17, 15) is 4.79 Å². The Bertz CT molecular complexity index is 642. The first-order chi connectivity index (χ1) is 10.1. The second kappa shape index (κ2) is 6.32. The molecule has 0 spiro atoms. The first kappa shape index (κ1) is 14.8. The lowest BCUT2D eigenvalue weighted by atomic mass is 9.94. The van der Waals surface area contributed by atoms with E-state index < -0.39 is 0 Å². The molecular weight excluding hydrogens is 398 g/mol. The molecule has 2 aromatic rings. The number of carbonyl (C=O) groups excluding carboxylic acids is 1. The molecule has 21 heavy (non-hydrogen) atoms. The molecule has 1 fully saturated rings. The Hall–Kier alpha value is -1.14. The van der Waals surface area contributed by atoms with Gasteiger partial charge in [0.1, 0.15) is 0 Å². The maximum Gasteiger partial charge on any atom is 0.255 e. The van der Waals surface area contributed by atoms with Crippen LogP contribution < -0.4 is 0 Å². The summed E-state index contributed by atoms with van der Waals surface area (Å²) in [6, 6.07) is 7.66. The first-order valence-corrected chi connectivity index (χ1v) is 8.47. The summed E-state index contributed by atoms with van der Waals surface area (Å²) in [5.41, 5.74) is 1.82. The van der Waals surface area contributed by atoms with Gasteiger partial charge in [-0.05, 0) is 53.0 Å².